The van der Waals surface area contributed by atoms with E-state index in [4.69, 9.17) is 15.2 Å². The van der Waals surface area contributed by atoms with E-state index in [1.807, 2.05) is 13.0 Å². The molecule has 4 heteroatoms. The van der Waals surface area contributed by atoms with Crippen LogP contribution >= 0.6 is 0 Å². The van der Waals surface area contributed by atoms with Crippen LogP contribution in [0.15, 0.2) is 6.07 Å². The first-order chi connectivity index (χ1) is 7.62. The Morgan fingerprint density at radius 1 is 1.38 bits per heavy atom. The van der Waals surface area contributed by atoms with Crippen LogP contribution in [0.1, 0.15) is 24.6 Å². The summed E-state index contributed by atoms with van der Waals surface area (Å²) in [5.41, 5.74) is 7.75. The highest BCUT2D eigenvalue weighted by atomic mass is 16.5. The van der Waals surface area contributed by atoms with Crippen molar-refractivity contribution in [1.29, 1.82) is 0 Å². The minimum absolute atomic E-state index is 0.105. The summed E-state index contributed by atoms with van der Waals surface area (Å²) >= 11 is 0. The zero-order valence-electron chi connectivity index (χ0n) is 10.4. The van der Waals surface area contributed by atoms with Crippen LogP contribution in [0.2, 0.25) is 0 Å². The van der Waals surface area contributed by atoms with Gasteiger partial charge < -0.3 is 15.2 Å². The molecule has 2 N–H and O–H groups in total. The van der Waals surface area contributed by atoms with Crippen molar-refractivity contribution in [2.75, 3.05) is 14.2 Å². The minimum atomic E-state index is 0.105. The molecule has 1 atom stereocenters. The van der Waals surface area contributed by atoms with Crippen molar-refractivity contribution in [1.82, 2.24) is 4.98 Å². The molecule has 1 aromatic rings. The summed E-state index contributed by atoms with van der Waals surface area (Å²) in [5.74, 6) is 1.42. The Morgan fingerprint density at radius 2 is 2.06 bits per heavy atom. The van der Waals surface area contributed by atoms with Crippen LogP contribution in [-0.4, -0.2) is 25.2 Å². The number of ether oxygens (including phenoxy) is 2. The molecule has 0 radical (unpaired) electrons. The van der Waals surface area contributed by atoms with E-state index in [2.05, 4.69) is 11.9 Å². The van der Waals surface area contributed by atoms with Gasteiger partial charge in [-0.25, -0.2) is 4.98 Å². The lowest BCUT2D eigenvalue weighted by Gasteiger charge is -2.14. The summed E-state index contributed by atoms with van der Waals surface area (Å²) in [4.78, 5) is 4.42. The van der Waals surface area contributed by atoms with Gasteiger partial charge in [-0.15, -0.1) is 0 Å². The average molecular weight is 224 g/mol. The number of nitrogens with zero attached hydrogens (tertiary/aromatic N) is 1. The van der Waals surface area contributed by atoms with E-state index in [1.165, 1.54) is 0 Å². The van der Waals surface area contributed by atoms with Crippen molar-refractivity contribution in [2.45, 2.75) is 32.7 Å². The highest BCUT2D eigenvalue weighted by molar-refractivity contribution is 5.38. The molecule has 0 saturated heterocycles. The molecule has 0 aromatic carbocycles. The Morgan fingerprint density at radius 3 is 2.56 bits per heavy atom. The summed E-state index contributed by atoms with van der Waals surface area (Å²) in [6, 6.07) is 2.04. The molecule has 1 rings (SSSR count). The Balaban J connectivity index is 3.04. The molecule has 4 nitrogen and oxygen atoms in total. The lowest BCUT2D eigenvalue weighted by atomic mass is 10.1. The Labute approximate surface area is 96.8 Å². The molecule has 0 amide bonds. The Bertz CT molecular complexity index is 353. The Hall–Kier alpha value is -1.29. The molecule has 0 aliphatic rings. The van der Waals surface area contributed by atoms with Crippen LogP contribution in [0.3, 0.4) is 0 Å². The highest BCUT2D eigenvalue weighted by Crippen LogP contribution is 2.25. The number of hydrogen-bond acceptors (Lipinski definition) is 4. The molecule has 0 bridgehead atoms. The van der Waals surface area contributed by atoms with Gasteiger partial charge in [-0.2, -0.15) is 0 Å². The van der Waals surface area contributed by atoms with Crippen molar-refractivity contribution < 1.29 is 9.47 Å². The van der Waals surface area contributed by atoms with E-state index in [9.17, 15) is 0 Å². The van der Waals surface area contributed by atoms with Gasteiger partial charge >= 0.3 is 0 Å². The fraction of sp³-hybridized carbons (Fsp3) is 0.583. The van der Waals surface area contributed by atoms with Crippen LogP contribution < -0.4 is 15.2 Å². The lowest BCUT2D eigenvalue weighted by molar-refractivity contribution is 0.377. The molecule has 0 spiro atoms. The topological polar surface area (TPSA) is 57.4 Å². The fourth-order valence-electron chi connectivity index (χ4n) is 1.53. The molecule has 90 valence electrons. The average Bonchev–Trinajstić information content (AvgIpc) is 2.30. The number of aromatic nitrogens is 1. The third-order valence-corrected chi connectivity index (χ3v) is 2.60. The number of methoxy groups -OCH3 is 2. The third-order valence-electron chi connectivity index (χ3n) is 2.60. The highest BCUT2D eigenvalue weighted by Gasteiger charge is 2.12. The van der Waals surface area contributed by atoms with Crippen LogP contribution in [-0.2, 0) is 6.42 Å². The molecule has 0 aliphatic carbocycles. The first-order valence-corrected chi connectivity index (χ1v) is 5.46. The van der Waals surface area contributed by atoms with Gasteiger partial charge in [0.15, 0.2) is 0 Å². The SMILES string of the molecule is CCC(N)Cc1nc(OC)c(C)cc1OC. The van der Waals surface area contributed by atoms with Gasteiger partial charge in [0.25, 0.3) is 0 Å². The molecule has 16 heavy (non-hydrogen) atoms. The van der Waals surface area contributed by atoms with Crippen molar-refractivity contribution >= 4 is 0 Å². The standard InChI is InChI=1S/C12H20N2O2/c1-5-9(13)7-10-11(15-3)6-8(2)12(14-10)16-4/h6,9H,5,7,13H2,1-4H3. The van der Waals surface area contributed by atoms with Crippen LogP contribution in [0, 0.1) is 6.92 Å². The molecular weight excluding hydrogens is 204 g/mol. The monoisotopic (exact) mass is 224 g/mol. The molecule has 0 saturated carbocycles. The van der Waals surface area contributed by atoms with E-state index in [0.717, 1.165) is 23.4 Å². The lowest BCUT2D eigenvalue weighted by Crippen LogP contribution is -2.22. The summed E-state index contributed by atoms with van der Waals surface area (Å²) in [6.07, 6.45) is 1.62. The summed E-state index contributed by atoms with van der Waals surface area (Å²) in [6.45, 7) is 4.00. The van der Waals surface area contributed by atoms with Gasteiger partial charge in [0, 0.05) is 18.0 Å². The molecule has 1 heterocycles. The smallest absolute Gasteiger partial charge is 0.216 e. The molecule has 0 fully saturated rings. The van der Waals surface area contributed by atoms with Crippen molar-refractivity contribution in [3.8, 4) is 11.6 Å². The van der Waals surface area contributed by atoms with E-state index in [-0.39, 0.29) is 6.04 Å². The normalized spacial score (nSPS) is 12.3. The van der Waals surface area contributed by atoms with Crippen molar-refractivity contribution in [2.24, 2.45) is 5.73 Å². The van der Waals surface area contributed by atoms with E-state index in [1.54, 1.807) is 14.2 Å². The number of aryl methyl sites for hydroxylation is 1. The summed E-state index contributed by atoms with van der Waals surface area (Å²) < 4.78 is 10.5. The minimum Gasteiger partial charge on any atom is -0.495 e. The van der Waals surface area contributed by atoms with Gasteiger partial charge in [-0.05, 0) is 19.4 Å². The molecule has 1 unspecified atom stereocenters. The predicted octanol–water partition coefficient (Wildman–Crippen LogP) is 1.69. The fourth-order valence-corrected chi connectivity index (χ4v) is 1.53. The van der Waals surface area contributed by atoms with E-state index < -0.39 is 0 Å². The second-order valence-corrected chi connectivity index (χ2v) is 3.84. The van der Waals surface area contributed by atoms with Crippen LogP contribution in [0.5, 0.6) is 11.6 Å². The maximum atomic E-state index is 5.92. The number of hydrogen-bond donors (Lipinski definition) is 1. The van der Waals surface area contributed by atoms with Gasteiger partial charge in [-0.3, -0.25) is 0 Å². The first kappa shape index (κ1) is 12.8. The Kier molecular flexibility index (Phi) is 4.55. The molecule has 0 aliphatic heterocycles. The zero-order chi connectivity index (χ0) is 12.1. The second kappa shape index (κ2) is 5.70. The largest absolute Gasteiger partial charge is 0.495 e. The number of pyridine rings is 1. The summed E-state index contributed by atoms with van der Waals surface area (Å²) in [7, 11) is 3.26. The van der Waals surface area contributed by atoms with Crippen LogP contribution in [0.4, 0.5) is 0 Å². The quantitative estimate of drug-likeness (QED) is 0.826. The first-order valence-electron chi connectivity index (χ1n) is 5.46. The molecule has 1 aromatic heterocycles. The van der Waals surface area contributed by atoms with Gasteiger partial charge in [0.05, 0.1) is 19.9 Å². The third kappa shape index (κ3) is 2.85. The maximum absolute atomic E-state index is 5.92. The number of nitrogens with two attached hydrogens (primary N) is 1. The van der Waals surface area contributed by atoms with Crippen LogP contribution in [0.25, 0.3) is 0 Å². The van der Waals surface area contributed by atoms with Gasteiger partial charge in [-0.1, -0.05) is 6.92 Å². The maximum Gasteiger partial charge on any atom is 0.216 e. The number of rotatable bonds is 5. The van der Waals surface area contributed by atoms with E-state index in [0.29, 0.717) is 12.3 Å². The zero-order valence-corrected chi connectivity index (χ0v) is 10.4. The molecular formula is C12H20N2O2. The second-order valence-electron chi connectivity index (χ2n) is 3.84. The van der Waals surface area contributed by atoms with Gasteiger partial charge in [0.1, 0.15) is 5.75 Å². The van der Waals surface area contributed by atoms with Crippen molar-refractivity contribution in [3.05, 3.63) is 17.3 Å². The predicted molar refractivity (Wildman–Crippen MR) is 64.0 cm³/mol. The summed E-state index contributed by atoms with van der Waals surface area (Å²) in [5, 5.41) is 0. The van der Waals surface area contributed by atoms with Crippen molar-refractivity contribution in [3.63, 3.8) is 0 Å². The van der Waals surface area contributed by atoms with E-state index >= 15 is 0 Å². The van der Waals surface area contributed by atoms with Gasteiger partial charge in [0.2, 0.25) is 5.88 Å².